The minimum absolute atomic E-state index is 0.0896. The molecule has 3 aromatic carbocycles. The molecule has 3 aromatic rings. The molecule has 1 amide bonds. The van der Waals surface area contributed by atoms with Gasteiger partial charge in [-0.2, -0.15) is 0 Å². The fourth-order valence-electron chi connectivity index (χ4n) is 2.87. The molecule has 170 valence electrons. The number of methoxy groups -OCH3 is 2. The second-order valence-corrected chi connectivity index (χ2v) is 7.81. The van der Waals surface area contributed by atoms with Crippen LogP contribution in [0.4, 0.5) is 5.69 Å². The van der Waals surface area contributed by atoms with E-state index in [1.54, 1.807) is 79.9 Å². The summed E-state index contributed by atoms with van der Waals surface area (Å²) in [7, 11) is 3.09. The molecule has 0 unspecified atom stereocenters. The predicted octanol–water partition coefficient (Wildman–Crippen LogP) is 4.47. The first kappa shape index (κ1) is 23.9. The van der Waals surface area contributed by atoms with Crippen LogP contribution in [0.3, 0.4) is 0 Å². The van der Waals surface area contributed by atoms with E-state index in [9.17, 15) is 14.4 Å². The Kier molecular flexibility index (Phi) is 8.49. The van der Waals surface area contributed by atoms with Crippen LogP contribution in [0.1, 0.15) is 20.7 Å². The Hall–Kier alpha value is -3.78. The molecular weight excluding hydrogens is 442 g/mol. The second kappa shape index (κ2) is 11.7. The number of carbonyl (C=O) groups excluding carboxylic acids is 3. The first-order valence-corrected chi connectivity index (χ1v) is 11.0. The zero-order valence-electron chi connectivity index (χ0n) is 18.2. The largest absolute Gasteiger partial charge is 0.497 e. The van der Waals surface area contributed by atoms with Crippen LogP contribution in [0.25, 0.3) is 0 Å². The van der Waals surface area contributed by atoms with Gasteiger partial charge in [-0.1, -0.05) is 18.2 Å². The normalized spacial score (nSPS) is 10.2. The van der Waals surface area contributed by atoms with E-state index in [2.05, 4.69) is 5.32 Å². The number of thioether (sulfide) groups is 1. The van der Waals surface area contributed by atoms with E-state index in [1.807, 2.05) is 0 Å². The molecule has 0 bridgehead atoms. The van der Waals surface area contributed by atoms with Crippen molar-refractivity contribution in [2.75, 3.05) is 31.9 Å². The number of rotatable bonds is 10. The lowest BCUT2D eigenvalue weighted by atomic mass is 10.1. The Balaban J connectivity index is 1.56. The molecule has 7 nitrogen and oxygen atoms in total. The molecule has 0 spiro atoms. The van der Waals surface area contributed by atoms with Crippen LogP contribution in [0.2, 0.25) is 0 Å². The predicted molar refractivity (Wildman–Crippen MR) is 126 cm³/mol. The minimum atomic E-state index is -0.631. The molecule has 0 heterocycles. The molecule has 8 heteroatoms. The van der Waals surface area contributed by atoms with Crippen molar-refractivity contribution < 1.29 is 28.6 Å². The van der Waals surface area contributed by atoms with Crippen molar-refractivity contribution in [2.24, 2.45) is 0 Å². The molecule has 0 aliphatic heterocycles. The highest BCUT2D eigenvalue weighted by atomic mass is 32.2. The summed E-state index contributed by atoms with van der Waals surface area (Å²) < 4.78 is 15.4. The maximum atomic E-state index is 12.6. The van der Waals surface area contributed by atoms with E-state index in [0.717, 1.165) is 0 Å². The Bertz CT molecular complexity index is 1130. The molecule has 0 radical (unpaired) electrons. The lowest BCUT2D eigenvalue weighted by Gasteiger charge is -2.10. The number of carbonyl (C=O) groups is 3. The lowest BCUT2D eigenvalue weighted by molar-refractivity contribution is -0.113. The van der Waals surface area contributed by atoms with Gasteiger partial charge in [0.15, 0.2) is 12.4 Å². The number of anilines is 1. The highest BCUT2D eigenvalue weighted by Gasteiger charge is 2.16. The van der Waals surface area contributed by atoms with Crippen molar-refractivity contribution in [3.63, 3.8) is 0 Å². The summed E-state index contributed by atoms with van der Waals surface area (Å²) in [5, 5.41) is 2.79. The van der Waals surface area contributed by atoms with Gasteiger partial charge in [0.05, 0.1) is 25.5 Å². The molecule has 0 aromatic heterocycles. The summed E-state index contributed by atoms with van der Waals surface area (Å²) in [5.74, 6) is 0.169. The van der Waals surface area contributed by atoms with Crippen LogP contribution in [0.5, 0.6) is 11.5 Å². The van der Waals surface area contributed by atoms with Gasteiger partial charge in [-0.15, -0.1) is 11.8 Å². The summed E-state index contributed by atoms with van der Waals surface area (Å²) >= 11 is 1.20. The monoisotopic (exact) mass is 465 g/mol. The van der Waals surface area contributed by atoms with E-state index in [-0.39, 0.29) is 24.1 Å². The van der Waals surface area contributed by atoms with Crippen LogP contribution in [-0.2, 0) is 9.53 Å². The van der Waals surface area contributed by atoms with E-state index >= 15 is 0 Å². The smallest absolute Gasteiger partial charge is 0.339 e. The SMILES string of the molecule is COc1ccc(C(=O)COC(=O)c2ccccc2SCC(=O)Nc2cccc(OC)c2)cc1. The summed E-state index contributed by atoms with van der Waals surface area (Å²) in [6, 6.07) is 20.4. The summed E-state index contributed by atoms with van der Waals surface area (Å²) in [5.41, 5.74) is 1.32. The zero-order valence-corrected chi connectivity index (χ0v) is 19.0. The Morgan fingerprint density at radius 1 is 0.848 bits per heavy atom. The van der Waals surface area contributed by atoms with Crippen LogP contribution in [0.15, 0.2) is 77.7 Å². The fraction of sp³-hybridized carbons (Fsp3) is 0.160. The van der Waals surface area contributed by atoms with E-state index in [4.69, 9.17) is 14.2 Å². The molecule has 1 N–H and O–H groups in total. The Labute approximate surface area is 196 Å². The molecule has 0 atom stereocenters. The average molecular weight is 466 g/mol. The van der Waals surface area contributed by atoms with Gasteiger partial charge < -0.3 is 19.5 Å². The number of ketones is 1. The standard InChI is InChI=1S/C25H23NO6S/c1-30-19-12-10-17(11-13-19)22(27)15-32-25(29)21-8-3-4-9-23(21)33-16-24(28)26-18-6-5-7-20(14-18)31-2/h3-14H,15-16H2,1-2H3,(H,26,28). The summed E-state index contributed by atoms with van der Waals surface area (Å²) in [4.78, 5) is 37.8. The van der Waals surface area contributed by atoms with E-state index < -0.39 is 5.97 Å². The summed E-state index contributed by atoms with van der Waals surface area (Å²) in [6.07, 6.45) is 0. The molecule has 0 aliphatic rings. The first-order valence-electron chi connectivity index (χ1n) is 10.00. The second-order valence-electron chi connectivity index (χ2n) is 6.79. The van der Waals surface area contributed by atoms with Gasteiger partial charge in [-0.25, -0.2) is 4.79 Å². The third-order valence-electron chi connectivity index (χ3n) is 4.57. The first-order chi connectivity index (χ1) is 16.0. The van der Waals surface area contributed by atoms with Crippen LogP contribution in [-0.4, -0.2) is 44.2 Å². The van der Waals surface area contributed by atoms with E-state index in [0.29, 0.717) is 33.2 Å². The quantitative estimate of drug-likeness (QED) is 0.268. The molecule has 0 saturated carbocycles. The minimum Gasteiger partial charge on any atom is -0.497 e. The molecule has 0 aliphatic carbocycles. The van der Waals surface area contributed by atoms with Gasteiger partial charge in [-0.3, -0.25) is 9.59 Å². The van der Waals surface area contributed by atoms with E-state index in [1.165, 1.54) is 18.9 Å². The molecular formula is C25H23NO6S. The lowest BCUT2D eigenvalue weighted by Crippen LogP contribution is -2.16. The van der Waals surface area contributed by atoms with Crippen LogP contribution < -0.4 is 14.8 Å². The van der Waals surface area contributed by atoms with Crippen LogP contribution in [0, 0.1) is 0 Å². The van der Waals surface area contributed by atoms with Crippen molar-refractivity contribution in [1.29, 1.82) is 0 Å². The van der Waals surface area contributed by atoms with Gasteiger partial charge in [0.1, 0.15) is 11.5 Å². The number of hydrogen-bond donors (Lipinski definition) is 1. The third-order valence-corrected chi connectivity index (χ3v) is 5.64. The van der Waals surface area contributed by atoms with Crippen molar-refractivity contribution in [2.45, 2.75) is 4.90 Å². The molecule has 3 rings (SSSR count). The van der Waals surface area contributed by atoms with Crippen molar-refractivity contribution in [1.82, 2.24) is 0 Å². The van der Waals surface area contributed by atoms with Crippen LogP contribution >= 0.6 is 11.8 Å². The fourth-order valence-corrected chi connectivity index (χ4v) is 3.71. The van der Waals surface area contributed by atoms with Gasteiger partial charge in [0.2, 0.25) is 5.91 Å². The molecule has 0 saturated heterocycles. The maximum Gasteiger partial charge on any atom is 0.339 e. The van der Waals surface area contributed by atoms with Gasteiger partial charge >= 0.3 is 5.97 Å². The Morgan fingerprint density at radius 3 is 2.30 bits per heavy atom. The number of hydrogen-bond acceptors (Lipinski definition) is 7. The molecule has 33 heavy (non-hydrogen) atoms. The van der Waals surface area contributed by atoms with Crippen molar-refractivity contribution >= 4 is 35.1 Å². The van der Waals surface area contributed by atoms with Gasteiger partial charge in [-0.05, 0) is 48.5 Å². The number of amides is 1. The van der Waals surface area contributed by atoms with Crippen molar-refractivity contribution in [3.05, 3.63) is 83.9 Å². The topological polar surface area (TPSA) is 90.9 Å². The highest BCUT2D eigenvalue weighted by molar-refractivity contribution is 8.00. The van der Waals surface area contributed by atoms with Gasteiger partial charge in [0.25, 0.3) is 0 Å². The van der Waals surface area contributed by atoms with Gasteiger partial charge in [0, 0.05) is 22.2 Å². The number of ether oxygens (including phenoxy) is 3. The molecule has 0 fully saturated rings. The number of esters is 1. The Morgan fingerprint density at radius 2 is 1.58 bits per heavy atom. The zero-order chi connectivity index (χ0) is 23.6. The highest BCUT2D eigenvalue weighted by Crippen LogP contribution is 2.24. The third kappa shape index (κ3) is 6.85. The number of Topliss-reactive ketones (excluding diaryl/α,β-unsaturated/α-hetero) is 1. The summed E-state index contributed by atoms with van der Waals surface area (Å²) in [6.45, 7) is -0.388. The number of benzene rings is 3. The average Bonchev–Trinajstić information content (AvgIpc) is 2.86. The van der Waals surface area contributed by atoms with Crippen molar-refractivity contribution in [3.8, 4) is 11.5 Å². The number of nitrogens with one attached hydrogen (secondary N) is 1. The maximum absolute atomic E-state index is 12.6.